The van der Waals surface area contributed by atoms with Crippen LogP contribution in [0.15, 0.2) is 273 Å². The zero-order valence-electron chi connectivity index (χ0n) is 57.3. The molecule has 3 aliphatic rings. The molecule has 98 heavy (non-hydrogen) atoms. The highest BCUT2D eigenvalue weighted by atomic mass is 15.0. The molecule has 3 heterocycles. The van der Waals surface area contributed by atoms with Crippen molar-refractivity contribution < 1.29 is 0 Å². The third-order valence-electron chi connectivity index (χ3n) is 24.4. The maximum Gasteiger partial charge on any atom is 0.0714 e. The summed E-state index contributed by atoms with van der Waals surface area (Å²) in [6.45, 7) is 19.3. The topological polar surface area (TPSA) is 14.8 Å². The molecule has 0 atom stereocenters. The van der Waals surface area contributed by atoms with Crippen LogP contribution >= 0.6 is 0 Å². The fourth-order valence-electron chi connectivity index (χ4n) is 17.2. The van der Waals surface area contributed by atoms with E-state index in [9.17, 15) is 0 Å². The van der Waals surface area contributed by atoms with Crippen LogP contribution in [0.4, 0.5) is 0 Å². The van der Waals surface area contributed by atoms with Gasteiger partial charge < -0.3 is 13.7 Å². The van der Waals surface area contributed by atoms with E-state index < -0.39 is 5.41 Å². The fraction of sp³-hybridized carbons (Fsp3) is 0.179. The molecule has 0 fully saturated rings. The Morgan fingerprint density at radius 2 is 0.653 bits per heavy atom. The van der Waals surface area contributed by atoms with E-state index in [1.165, 1.54) is 166 Å². The van der Waals surface area contributed by atoms with E-state index in [4.69, 9.17) is 0 Å². The summed E-state index contributed by atoms with van der Waals surface area (Å²) in [5, 5.41) is 7.43. The van der Waals surface area contributed by atoms with Crippen LogP contribution in [0.1, 0.15) is 111 Å². The van der Waals surface area contributed by atoms with Crippen molar-refractivity contribution in [1.82, 2.24) is 13.7 Å². The van der Waals surface area contributed by atoms with Crippen molar-refractivity contribution in [2.45, 2.75) is 97.3 Å². The second-order valence-electron chi connectivity index (χ2n) is 30.4. The number of benzene rings is 13. The van der Waals surface area contributed by atoms with Gasteiger partial charge in [-0.3, -0.25) is 0 Å². The number of aromatic nitrogens is 3. The van der Waals surface area contributed by atoms with Crippen LogP contribution in [0.5, 0.6) is 0 Å². The molecule has 13 aromatic carbocycles. The zero-order valence-corrected chi connectivity index (χ0v) is 57.3. The van der Waals surface area contributed by atoms with E-state index >= 15 is 0 Å². The van der Waals surface area contributed by atoms with Gasteiger partial charge in [0.15, 0.2) is 0 Å². The third kappa shape index (κ3) is 8.60. The average molecular weight is 1260 g/mol. The highest BCUT2D eigenvalue weighted by molar-refractivity contribution is 6.15. The van der Waals surface area contributed by atoms with Gasteiger partial charge in [0.2, 0.25) is 0 Å². The molecule has 0 radical (unpaired) electrons. The molecule has 19 rings (SSSR count). The molecule has 0 saturated heterocycles. The smallest absolute Gasteiger partial charge is 0.0714 e. The molecule has 0 bridgehead atoms. The predicted octanol–water partition coefficient (Wildman–Crippen LogP) is 24.4. The number of rotatable bonds is 12. The lowest BCUT2D eigenvalue weighted by atomic mass is 9.64. The van der Waals surface area contributed by atoms with E-state index in [0.717, 1.165) is 42.7 Å². The van der Waals surface area contributed by atoms with Gasteiger partial charge in [0.25, 0.3) is 0 Å². The van der Waals surface area contributed by atoms with Crippen LogP contribution in [-0.2, 0) is 41.9 Å². The van der Waals surface area contributed by atoms with Crippen LogP contribution in [-0.4, -0.2) is 13.7 Å². The van der Waals surface area contributed by atoms with Gasteiger partial charge in [-0.05, 0) is 252 Å². The minimum Gasteiger partial charge on any atom is -0.309 e. The van der Waals surface area contributed by atoms with Crippen LogP contribution in [0, 0.1) is 11.8 Å². The molecule has 0 spiro atoms. The van der Waals surface area contributed by atoms with Crippen molar-refractivity contribution in [2.24, 2.45) is 11.8 Å². The van der Waals surface area contributed by atoms with Crippen LogP contribution < -0.4 is 0 Å². The summed E-state index contributed by atoms with van der Waals surface area (Å²) in [6, 6.07) is 106. The monoisotopic (exact) mass is 1260 g/mol. The number of nitrogens with zero attached hydrogens (tertiary/aromatic N) is 3. The number of fused-ring (bicyclic) bond motifs is 14. The molecule has 0 N–H and O–H groups in total. The second kappa shape index (κ2) is 21.6. The molecule has 474 valence electrons. The number of hydrogen-bond donors (Lipinski definition) is 0. The van der Waals surface area contributed by atoms with Crippen LogP contribution in [0.2, 0.25) is 0 Å². The Morgan fingerprint density at radius 3 is 1.10 bits per heavy atom. The van der Waals surface area contributed by atoms with E-state index in [1.54, 1.807) is 0 Å². The first-order valence-corrected chi connectivity index (χ1v) is 35.7. The summed E-state index contributed by atoms with van der Waals surface area (Å²) in [7, 11) is 0. The van der Waals surface area contributed by atoms with Gasteiger partial charge in [0.1, 0.15) is 0 Å². The first-order chi connectivity index (χ1) is 47.7. The summed E-state index contributed by atoms with van der Waals surface area (Å²) in [6.07, 6.45) is 4.57. The molecular weight excluding hydrogens is 1180 g/mol. The maximum atomic E-state index is 2.63. The Kier molecular flexibility index (Phi) is 12.9. The summed E-state index contributed by atoms with van der Waals surface area (Å²) >= 11 is 0. The minimum absolute atomic E-state index is 0.0306. The van der Waals surface area contributed by atoms with Crippen molar-refractivity contribution in [3.8, 4) is 61.6 Å². The Hall–Kier alpha value is -10.7. The SMILES string of the molecule is CC(C)C(C)(C)c1cc(-c2ccc3c(c2)C(c2ccc4c(c2)CC4)(c2ccc4c(c2)CC4)c2cc(C(C)(C)C(C)C)ccc2-3)cc(-n2c3ccc(-c4ccc5c(c4)c4ccccc4n5-c4ccccc4)cc3c3cc(-c4ccc5c(c4)c4ccccc4n5-c4ccccc4)ccc32)c1. The standard InChI is InChI=1S/C95H79N3/c1-58(2)93(5,6)70-40-42-78-77-41-33-68(55-85(77)95(86(78)57-70,71-38-31-60-27-29-62(60)47-71)72-39-32-61-28-30-63(61)48-72)69-49-73(94(7,8)59(3)4)56-76(50-69)98-91-45-36-66(64-34-43-89-81(51-64)79-23-15-17-25-87(79)96(89)74-19-11-9-12-20-74)53-83(91)84-54-67(37-46-92(84)98)65-35-44-90-82(52-65)80-24-16-18-26-88(80)97(90)75-21-13-10-14-22-75/h9-26,31-59H,27-30H2,1-8H3. The van der Waals surface area contributed by atoms with Gasteiger partial charge in [0.05, 0.1) is 38.5 Å². The average Bonchev–Trinajstić information content (AvgIpc) is 1.50. The quantitative estimate of drug-likeness (QED) is 0.116. The van der Waals surface area contributed by atoms with E-state index in [2.05, 4.69) is 342 Å². The third-order valence-corrected chi connectivity index (χ3v) is 24.4. The van der Waals surface area contributed by atoms with Gasteiger partial charge in [-0.2, -0.15) is 0 Å². The number of aryl methyl sites for hydroxylation is 4. The molecule has 3 nitrogen and oxygen atoms in total. The summed E-state index contributed by atoms with van der Waals surface area (Å²) in [5.74, 6) is 0.824. The van der Waals surface area contributed by atoms with E-state index in [1.807, 2.05) is 0 Å². The minimum atomic E-state index is -0.536. The molecule has 3 aromatic heterocycles. The summed E-state index contributed by atoms with van der Waals surface area (Å²) in [4.78, 5) is 0. The van der Waals surface area contributed by atoms with E-state index in [-0.39, 0.29) is 10.8 Å². The zero-order chi connectivity index (χ0) is 66.1. The largest absolute Gasteiger partial charge is 0.309 e. The normalized spacial score (nSPS) is 14.0. The number of para-hydroxylation sites is 4. The first kappa shape index (κ1) is 58.6. The van der Waals surface area contributed by atoms with Crippen molar-refractivity contribution in [3.05, 3.63) is 329 Å². The van der Waals surface area contributed by atoms with Crippen LogP contribution in [0.25, 0.3) is 127 Å². The highest BCUT2D eigenvalue weighted by Gasteiger charge is 2.48. The van der Waals surface area contributed by atoms with Gasteiger partial charge >= 0.3 is 0 Å². The highest BCUT2D eigenvalue weighted by Crippen LogP contribution is 2.59. The molecule has 3 aliphatic carbocycles. The lowest BCUT2D eigenvalue weighted by Crippen LogP contribution is -2.31. The number of hydrogen-bond acceptors (Lipinski definition) is 0. The Morgan fingerprint density at radius 1 is 0.276 bits per heavy atom. The Labute approximate surface area is 574 Å². The Balaban J connectivity index is 0.835. The first-order valence-electron chi connectivity index (χ1n) is 35.7. The second-order valence-corrected chi connectivity index (χ2v) is 30.4. The van der Waals surface area contributed by atoms with Gasteiger partial charge in [-0.15, -0.1) is 0 Å². The van der Waals surface area contributed by atoms with Crippen molar-refractivity contribution in [3.63, 3.8) is 0 Å². The maximum absolute atomic E-state index is 2.63. The molecule has 0 aliphatic heterocycles. The molecule has 0 saturated carbocycles. The van der Waals surface area contributed by atoms with Crippen molar-refractivity contribution in [2.75, 3.05) is 0 Å². The summed E-state index contributed by atoms with van der Waals surface area (Å²) in [5.41, 5.74) is 34.1. The fourth-order valence-corrected chi connectivity index (χ4v) is 17.2. The van der Waals surface area contributed by atoms with E-state index in [0.29, 0.717) is 11.8 Å². The molecule has 0 amide bonds. The molecule has 0 unspecified atom stereocenters. The molecule has 3 heteroatoms. The summed E-state index contributed by atoms with van der Waals surface area (Å²) < 4.78 is 7.41. The van der Waals surface area contributed by atoms with Crippen molar-refractivity contribution in [1.29, 1.82) is 0 Å². The lowest BCUT2D eigenvalue weighted by Gasteiger charge is -2.38. The van der Waals surface area contributed by atoms with Gasteiger partial charge in [-0.25, -0.2) is 0 Å². The van der Waals surface area contributed by atoms with Gasteiger partial charge in [-0.1, -0.05) is 225 Å². The lowest BCUT2D eigenvalue weighted by molar-refractivity contribution is 0.372. The Bertz CT molecular complexity index is 5730. The van der Waals surface area contributed by atoms with Gasteiger partial charge in [0, 0.05) is 49.4 Å². The van der Waals surface area contributed by atoms with Crippen LogP contribution in [0.3, 0.4) is 0 Å². The molecular formula is C95H79N3. The molecule has 16 aromatic rings. The predicted molar refractivity (Wildman–Crippen MR) is 414 cm³/mol. The van der Waals surface area contributed by atoms with Crippen molar-refractivity contribution >= 4 is 65.4 Å².